The van der Waals surface area contributed by atoms with Crippen molar-refractivity contribution in [2.24, 2.45) is 0 Å². The predicted octanol–water partition coefficient (Wildman–Crippen LogP) is 2.78. The van der Waals surface area contributed by atoms with Crippen molar-refractivity contribution in [1.82, 2.24) is 0 Å². The summed E-state index contributed by atoms with van der Waals surface area (Å²) in [5.41, 5.74) is 2.03. The summed E-state index contributed by atoms with van der Waals surface area (Å²) < 4.78 is 6.10. The van der Waals surface area contributed by atoms with E-state index in [1.807, 2.05) is 19.1 Å². The van der Waals surface area contributed by atoms with Crippen molar-refractivity contribution >= 4 is 21.9 Å². The van der Waals surface area contributed by atoms with E-state index in [-0.39, 0.29) is 6.42 Å². The number of ether oxygens (including phenoxy) is 1. The van der Waals surface area contributed by atoms with E-state index in [0.717, 1.165) is 21.3 Å². The Morgan fingerprint density at radius 3 is 2.73 bits per heavy atom. The summed E-state index contributed by atoms with van der Waals surface area (Å²) in [6.45, 7) is 1.96. The van der Waals surface area contributed by atoms with Gasteiger partial charge in [-0.3, -0.25) is 4.79 Å². The first-order valence-corrected chi connectivity index (χ1v) is 5.38. The van der Waals surface area contributed by atoms with E-state index in [1.54, 1.807) is 7.11 Å². The van der Waals surface area contributed by atoms with Crippen molar-refractivity contribution in [2.45, 2.75) is 19.8 Å². The quantitative estimate of drug-likeness (QED) is 0.917. The molecule has 0 spiro atoms. The zero-order chi connectivity index (χ0) is 11.4. The van der Waals surface area contributed by atoms with Gasteiger partial charge in [0.05, 0.1) is 11.6 Å². The summed E-state index contributed by atoms with van der Waals surface area (Å²) in [5, 5.41) is 8.58. The lowest BCUT2D eigenvalue weighted by Gasteiger charge is -2.09. The van der Waals surface area contributed by atoms with Crippen LogP contribution in [0.15, 0.2) is 16.6 Å². The zero-order valence-electron chi connectivity index (χ0n) is 8.71. The van der Waals surface area contributed by atoms with Crippen LogP contribution < -0.4 is 4.74 Å². The van der Waals surface area contributed by atoms with Crippen molar-refractivity contribution in [3.63, 3.8) is 0 Å². The van der Waals surface area contributed by atoms with Crippen LogP contribution in [0.1, 0.15) is 17.5 Å². The first-order valence-electron chi connectivity index (χ1n) is 4.59. The number of rotatable bonds is 4. The van der Waals surface area contributed by atoms with Gasteiger partial charge in [-0.05, 0) is 46.5 Å². The lowest BCUT2D eigenvalue weighted by molar-refractivity contribution is -0.136. The van der Waals surface area contributed by atoms with Crippen molar-refractivity contribution in [2.75, 3.05) is 7.11 Å². The van der Waals surface area contributed by atoms with Crippen LogP contribution in [0, 0.1) is 6.92 Å². The molecule has 0 bridgehead atoms. The van der Waals surface area contributed by atoms with Gasteiger partial charge in [0.1, 0.15) is 5.75 Å². The van der Waals surface area contributed by atoms with E-state index in [1.165, 1.54) is 0 Å². The molecule has 0 radical (unpaired) electrons. The van der Waals surface area contributed by atoms with E-state index >= 15 is 0 Å². The standard InChI is InChI=1S/C11H13BrO3/c1-7-5-8(3-4-10(13)14)6-9(15-2)11(7)12/h5-6H,3-4H2,1-2H3,(H,13,14). The minimum absolute atomic E-state index is 0.143. The molecule has 0 heterocycles. The SMILES string of the molecule is COc1cc(CCC(=O)O)cc(C)c1Br. The molecule has 15 heavy (non-hydrogen) atoms. The Kier molecular flexibility index (Phi) is 4.15. The zero-order valence-corrected chi connectivity index (χ0v) is 10.3. The third-order valence-corrected chi connectivity index (χ3v) is 3.14. The van der Waals surface area contributed by atoms with Gasteiger partial charge in [-0.2, -0.15) is 0 Å². The summed E-state index contributed by atoms with van der Waals surface area (Å²) in [7, 11) is 1.60. The van der Waals surface area contributed by atoms with Gasteiger partial charge in [-0.1, -0.05) is 6.07 Å². The first kappa shape index (κ1) is 12.0. The monoisotopic (exact) mass is 272 g/mol. The maximum atomic E-state index is 10.4. The van der Waals surface area contributed by atoms with Gasteiger partial charge < -0.3 is 9.84 Å². The second kappa shape index (κ2) is 5.16. The van der Waals surface area contributed by atoms with E-state index < -0.39 is 5.97 Å². The molecule has 0 amide bonds. The highest BCUT2D eigenvalue weighted by molar-refractivity contribution is 9.10. The third kappa shape index (κ3) is 3.23. The lowest BCUT2D eigenvalue weighted by Crippen LogP contribution is -1.98. The molecular formula is C11H13BrO3. The molecule has 0 fully saturated rings. The molecule has 1 rings (SSSR count). The van der Waals surface area contributed by atoms with Crippen LogP contribution in [0.5, 0.6) is 5.75 Å². The van der Waals surface area contributed by atoms with Gasteiger partial charge in [-0.15, -0.1) is 0 Å². The molecule has 0 aromatic heterocycles. The molecule has 0 aliphatic heterocycles. The van der Waals surface area contributed by atoms with Crippen molar-refractivity contribution in [1.29, 1.82) is 0 Å². The highest BCUT2D eigenvalue weighted by Crippen LogP contribution is 2.30. The molecule has 1 N–H and O–H groups in total. The molecule has 82 valence electrons. The van der Waals surface area contributed by atoms with Crippen LogP contribution in [0.25, 0.3) is 0 Å². The Labute approximate surface area is 97.2 Å². The normalized spacial score (nSPS) is 10.1. The van der Waals surface area contributed by atoms with Crippen LogP contribution >= 0.6 is 15.9 Å². The highest BCUT2D eigenvalue weighted by atomic mass is 79.9. The molecule has 4 heteroatoms. The number of carboxylic acid groups (broad SMARTS) is 1. The van der Waals surface area contributed by atoms with Gasteiger partial charge in [0, 0.05) is 6.42 Å². The number of methoxy groups -OCH3 is 1. The Bertz CT molecular complexity index is 374. The highest BCUT2D eigenvalue weighted by Gasteiger charge is 2.07. The number of carbonyl (C=O) groups is 1. The Hall–Kier alpha value is -1.03. The van der Waals surface area contributed by atoms with E-state index in [9.17, 15) is 4.79 Å². The van der Waals surface area contributed by atoms with Gasteiger partial charge in [0.2, 0.25) is 0 Å². The number of hydrogen-bond donors (Lipinski definition) is 1. The number of carboxylic acids is 1. The Morgan fingerprint density at radius 2 is 2.20 bits per heavy atom. The summed E-state index contributed by atoms with van der Waals surface area (Å²) in [4.78, 5) is 10.4. The fourth-order valence-corrected chi connectivity index (χ4v) is 1.74. The summed E-state index contributed by atoms with van der Waals surface area (Å²) in [6, 6.07) is 3.83. The third-order valence-electron chi connectivity index (χ3n) is 2.13. The van der Waals surface area contributed by atoms with E-state index in [2.05, 4.69) is 15.9 Å². The topological polar surface area (TPSA) is 46.5 Å². The summed E-state index contributed by atoms with van der Waals surface area (Å²) in [6.07, 6.45) is 0.671. The molecule has 1 aromatic rings. The Morgan fingerprint density at radius 1 is 1.53 bits per heavy atom. The second-order valence-electron chi connectivity index (χ2n) is 3.32. The van der Waals surface area contributed by atoms with Crippen molar-refractivity contribution in [3.05, 3.63) is 27.7 Å². The first-order chi connectivity index (χ1) is 7.04. The van der Waals surface area contributed by atoms with Crippen LogP contribution in [-0.2, 0) is 11.2 Å². The molecule has 3 nitrogen and oxygen atoms in total. The summed E-state index contributed by atoms with van der Waals surface area (Å²) >= 11 is 3.41. The molecule has 0 aliphatic carbocycles. The molecule has 0 aliphatic rings. The molecule has 1 aromatic carbocycles. The van der Waals surface area contributed by atoms with Crippen LogP contribution in [-0.4, -0.2) is 18.2 Å². The number of benzene rings is 1. The van der Waals surface area contributed by atoms with Crippen molar-refractivity contribution < 1.29 is 14.6 Å². The molecule has 0 saturated heterocycles. The van der Waals surface area contributed by atoms with E-state index in [4.69, 9.17) is 9.84 Å². The minimum Gasteiger partial charge on any atom is -0.496 e. The fraction of sp³-hybridized carbons (Fsp3) is 0.364. The lowest BCUT2D eigenvalue weighted by atomic mass is 10.1. The van der Waals surface area contributed by atoms with Gasteiger partial charge in [0.25, 0.3) is 0 Å². The number of aryl methyl sites for hydroxylation is 2. The molecular weight excluding hydrogens is 260 g/mol. The maximum absolute atomic E-state index is 10.4. The maximum Gasteiger partial charge on any atom is 0.303 e. The van der Waals surface area contributed by atoms with Gasteiger partial charge >= 0.3 is 5.97 Å². The van der Waals surface area contributed by atoms with Crippen LogP contribution in [0.4, 0.5) is 0 Å². The predicted molar refractivity (Wildman–Crippen MR) is 61.4 cm³/mol. The Balaban J connectivity index is 2.90. The molecule has 0 atom stereocenters. The van der Waals surface area contributed by atoms with E-state index in [0.29, 0.717) is 6.42 Å². The average molecular weight is 273 g/mol. The smallest absolute Gasteiger partial charge is 0.303 e. The minimum atomic E-state index is -0.783. The number of halogens is 1. The van der Waals surface area contributed by atoms with Crippen LogP contribution in [0.2, 0.25) is 0 Å². The second-order valence-corrected chi connectivity index (χ2v) is 4.12. The van der Waals surface area contributed by atoms with Gasteiger partial charge in [0.15, 0.2) is 0 Å². The summed E-state index contributed by atoms with van der Waals surface area (Å²) in [5.74, 6) is -0.0371. The van der Waals surface area contributed by atoms with Crippen LogP contribution in [0.3, 0.4) is 0 Å². The number of aliphatic carboxylic acids is 1. The van der Waals surface area contributed by atoms with Crippen molar-refractivity contribution in [3.8, 4) is 5.75 Å². The van der Waals surface area contributed by atoms with Gasteiger partial charge in [-0.25, -0.2) is 0 Å². The average Bonchev–Trinajstić information content (AvgIpc) is 2.19. The molecule has 0 unspecified atom stereocenters. The molecule has 0 saturated carbocycles. The number of hydrogen-bond acceptors (Lipinski definition) is 2. The largest absolute Gasteiger partial charge is 0.496 e. The fourth-order valence-electron chi connectivity index (χ4n) is 1.35.